The standard InChI is InChI=1S/C17H15F2N3/c1-17(2,15-6-4-13(18)8-16(15)19)22-14-5-3-11-9-20-21-10-12(11)7-14/h3-10,22H,1-2H3. The Kier molecular flexibility index (Phi) is 3.48. The lowest BCUT2D eigenvalue weighted by atomic mass is 9.93. The molecule has 0 unspecified atom stereocenters. The molecule has 0 aliphatic rings. The van der Waals surface area contributed by atoms with E-state index in [2.05, 4.69) is 15.5 Å². The fourth-order valence-electron chi connectivity index (χ4n) is 2.50. The second-order valence-electron chi connectivity index (χ2n) is 5.71. The van der Waals surface area contributed by atoms with Crippen LogP contribution in [0.2, 0.25) is 0 Å². The number of hydrogen-bond donors (Lipinski definition) is 1. The molecule has 1 N–H and O–H groups in total. The Bertz CT molecular complexity index is 831. The summed E-state index contributed by atoms with van der Waals surface area (Å²) in [6, 6.07) is 9.36. The van der Waals surface area contributed by atoms with Crippen LogP contribution in [-0.2, 0) is 5.54 Å². The van der Waals surface area contributed by atoms with Gasteiger partial charge in [0.25, 0.3) is 0 Å². The summed E-state index contributed by atoms with van der Waals surface area (Å²) in [6.07, 6.45) is 3.36. The van der Waals surface area contributed by atoms with Gasteiger partial charge in [0.1, 0.15) is 11.6 Å². The SMILES string of the molecule is CC(C)(Nc1ccc2cnncc2c1)c1ccc(F)cc1F. The molecule has 5 heteroatoms. The van der Waals surface area contributed by atoms with Crippen molar-refractivity contribution < 1.29 is 8.78 Å². The van der Waals surface area contributed by atoms with Crippen molar-refractivity contribution in [1.29, 1.82) is 0 Å². The zero-order valence-corrected chi connectivity index (χ0v) is 12.3. The maximum absolute atomic E-state index is 14.0. The van der Waals surface area contributed by atoms with E-state index in [1.807, 2.05) is 32.0 Å². The molecule has 0 fully saturated rings. The van der Waals surface area contributed by atoms with Crippen molar-refractivity contribution in [2.24, 2.45) is 0 Å². The van der Waals surface area contributed by atoms with E-state index >= 15 is 0 Å². The van der Waals surface area contributed by atoms with Crippen molar-refractivity contribution in [3.63, 3.8) is 0 Å². The van der Waals surface area contributed by atoms with Crippen molar-refractivity contribution in [1.82, 2.24) is 10.2 Å². The van der Waals surface area contributed by atoms with Crippen LogP contribution >= 0.6 is 0 Å². The van der Waals surface area contributed by atoms with Gasteiger partial charge in [-0.3, -0.25) is 0 Å². The van der Waals surface area contributed by atoms with Crippen LogP contribution in [0.15, 0.2) is 48.8 Å². The predicted molar refractivity (Wildman–Crippen MR) is 82.5 cm³/mol. The molecule has 0 aliphatic heterocycles. The van der Waals surface area contributed by atoms with Crippen LogP contribution in [0.4, 0.5) is 14.5 Å². The molecule has 1 aromatic heterocycles. The molecule has 0 aliphatic carbocycles. The molecule has 3 aromatic rings. The minimum Gasteiger partial charge on any atom is -0.376 e. The van der Waals surface area contributed by atoms with Crippen LogP contribution in [0, 0.1) is 11.6 Å². The van der Waals surface area contributed by atoms with Crippen molar-refractivity contribution >= 4 is 16.5 Å². The first kappa shape index (κ1) is 14.4. The van der Waals surface area contributed by atoms with Gasteiger partial charge in [0.2, 0.25) is 0 Å². The number of benzene rings is 2. The highest BCUT2D eigenvalue weighted by Crippen LogP contribution is 2.29. The first-order chi connectivity index (χ1) is 10.5. The second kappa shape index (κ2) is 5.33. The summed E-state index contributed by atoms with van der Waals surface area (Å²) >= 11 is 0. The first-order valence-corrected chi connectivity index (χ1v) is 6.90. The summed E-state index contributed by atoms with van der Waals surface area (Å²) in [4.78, 5) is 0. The third-order valence-electron chi connectivity index (χ3n) is 3.61. The quantitative estimate of drug-likeness (QED) is 0.785. The summed E-state index contributed by atoms with van der Waals surface area (Å²) in [5, 5.41) is 12.9. The van der Waals surface area contributed by atoms with E-state index in [0.717, 1.165) is 22.5 Å². The number of aromatic nitrogens is 2. The van der Waals surface area contributed by atoms with Gasteiger partial charge in [-0.1, -0.05) is 12.1 Å². The van der Waals surface area contributed by atoms with Gasteiger partial charge in [0, 0.05) is 28.1 Å². The van der Waals surface area contributed by atoms with Crippen LogP contribution in [0.3, 0.4) is 0 Å². The van der Waals surface area contributed by atoms with E-state index in [1.54, 1.807) is 12.4 Å². The van der Waals surface area contributed by atoms with E-state index < -0.39 is 17.2 Å². The number of nitrogens with one attached hydrogen (secondary N) is 1. The number of fused-ring (bicyclic) bond motifs is 1. The summed E-state index contributed by atoms with van der Waals surface area (Å²) < 4.78 is 27.1. The smallest absolute Gasteiger partial charge is 0.131 e. The Balaban J connectivity index is 1.95. The lowest BCUT2D eigenvalue weighted by Crippen LogP contribution is -2.29. The first-order valence-electron chi connectivity index (χ1n) is 6.90. The number of halogens is 2. The van der Waals surface area contributed by atoms with Crippen LogP contribution in [0.1, 0.15) is 19.4 Å². The molecule has 0 amide bonds. The monoisotopic (exact) mass is 299 g/mol. The number of anilines is 1. The fourth-order valence-corrected chi connectivity index (χ4v) is 2.50. The molecule has 0 spiro atoms. The van der Waals surface area contributed by atoms with Crippen molar-refractivity contribution in [2.75, 3.05) is 5.32 Å². The maximum Gasteiger partial charge on any atom is 0.131 e. The van der Waals surface area contributed by atoms with Gasteiger partial charge in [-0.25, -0.2) is 8.78 Å². The molecule has 3 rings (SSSR count). The number of hydrogen-bond acceptors (Lipinski definition) is 3. The van der Waals surface area contributed by atoms with E-state index in [1.165, 1.54) is 12.1 Å². The Morgan fingerprint density at radius 3 is 2.36 bits per heavy atom. The van der Waals surface area contributed by atoms with E-state index in [4.69, 9.17) is 0 Å². The van der Waals surface area contributed by atoms with Crippen LogP contribution in [0.5, 0.6) is 0 Å². The van der Waals surface area contributed by atoms with Gasteiger partial charge in [0.05, 0.1) is 17.9 Å². The lowest BCUT2D eigenvalue weighted by Gasteiger charge is -2.28. The molecule has 3 nitrogen and oxygen atoms in total. The summed E-state index contributed by atoms with van der Waals surface area (Å²) in [7, 11) is 0. The minimum atomic E-state index is -0.689. The maximum atomic E-state index is 14.0. The Morgan fingerprint density at radius 2 is 1.64 bits per heavy atom. The van der Waals surface area contributed by atoms with E-state index in [9.17, 15) is 8.78 Å². The van der Waals surface area contributed by atoms with Gasteiger partial charge < -0.3 is 5.32 Å². The van der Waals surface area contributed by atoms with Crippen molar-refractivity contribution in [3.05, 3.63) is 66.0 Å². The molecule has 2 aromatic carbocycles. The highest BCUT2D eigenvalue weighted by atomic mass is 19.1. The number of rotatable bonds is 3. The van der Waals surface area contributed by atoms with Gasteiger partial charge in [0.15, 0.2) is 0 Å². The summed E-state index contributed by atoms with van der Waals surface area (Å²) in [6.45, 7) is 3.69. The average Bonchev–Trinajstić information content (AvgIpc) is 2.46. The van der Waals surface area contributed by atoms with Crippen LogP contribution in [-0.4, -0.2) is 10.2 Å². The lowest BCUT2D eigenvalue weighted by molar-refractivity contribution is 0.520. The predicted octanol–water partition coefficient (Wildman–Crippen LogP) is 4.26. The third-order valence-corrected chi connectivity index (χ3v) is 3.61. The Morgan fingerprint density at radius 1 is 0.909 bits per heavy atom. The zero-order valence-electron chi connectivity index (χ0n) is 12.3. The average molecular weight is 299 g/mol. The summed E-state index contributed by atoms with van der Waals surface area (Å²) in [5.41, 5.74) is 0.544. The van der Waals surface area contributed by atoms with E-state index in [-0.39, 0.29) is 0 Å². The molecule has 1 heterocycles. The Hall–Kier alpha value is -2.56. The molecule has 0 radical (unpaired) electrons. The van der Waals surface area contributed by atoms with Gasteiger partial charge in [-0.15, -0.1) is 0 Å². The minimum absolute atomic E-state index is 0.404. The molecule has 0 bridgehead atoms. The zero-order chi connectivity index (χ0) is 15.7. The second-order valence-corrected chi connectivity index (χ2v) is 5.71. The highest BCUT2D eigenvalue weighted by Gasteiger charge is 2.24. The third kappa shape index (κ3) is 2.74. The Labute approximate surface area is 127 Å². The molecule has 0 saturated heterocycles. The van der Waals surface area contributed by atoms with Crippen LogP contribution < -0.4 is 5.32 Å². The van der Waals surface area contributed by atoms with Gasteiger partial charge >= 0.3 is 0 Å². The fraction of sp³-hybridized carbons (Fsp3) is 0.176. The van der Waals surface area contributed by atoms with Crippen LogP contribution in [0.25, 0.3) is 10.8 Å². The van der Waals surface area contributed by atoms with Gasteiger partial charge in [-0.2, -0.15) is 10.2 Å². The van der Waals surface area contributed by atoms with Gasteiger partial charge in [-0.05, 0) is 32.0 Å². The van der Waals surface area contributed by atoms with E-state index in [0.29, 0.717) is 5.56 Å². The molecule has 22 heavy (non-hydrogen) atoms. The molecule has 112 valence electrons. The molecular weight excluding hydrogens is 284 g/mol. The molecular formula is C17H15F2N3. The topological polar surface area (TPSA) is 37.8 Å². The normalized spacial score (nSPS) is 11.6. The highest BCUT2D eigenvalue weighted by molar-refractivity contribution is 5.84. The molecule has 0 atom stereocenters. The molecule has 0 saturated carbocycles. The van der Waals surface area contributed by atoms with Crippen molar-refractivity contribution in [3.8, 4) is 0 Å². The van der Waals surface area contributed by atoms with Crippen molar-refractivity contribution in [2.45, 2.75) is 19.4 Å². The number of nitrogens with zero attached hydrogens (tertiary/aromatic N) is 2. The summed E-state index contributed by atoms with van der Waals surface area (Å²) in [5.74, 6) is -1.15. The largest absolute Gasteiger partial charge is 0.376 e.